The summed E-state index contributed by atoms with van der Waals surface area (Å²) in [5.74, 6) is 0.00458. The first-order valence-corrected chi connectivity index (χ1v) is 14.7. The highest BCUT2D eigenvalue weighted by molar-refractivity contribution is 6.32. The van der Waals surface area contributed by atoms with E-state index in [0.29, 0.717) is 22.9 Å². The molecule has 2 aliphatic rings. The van der Waals surface area contributed by atoms with Gasteiger partial charge in [0, 0.05) is 49.8 Å². The highest BCUT2D eigenvalue weighted by atomic mass is 35.5. The Kier molecular flexibility index (Phi) is 10.1. The van der Waals surface area contributed by atoms with Crippen LogP contribution in [0.5, 0.6) is 0 Å². The fourth-order valence-electron chi connectivity index (χ4n) is 5.85. The standard InChI is InChI=1S/C28H41Cl2N7O3/c1-4-20-17-36(26-24(30)33-23(25(31)34-26)27(39)32-9-14-38)12-13-37(20)21-7-10-35(11-8-21)16-18-5-6-19(29)15-22(18)28(2,3)40/h5-6,15,20-21,38,40H,4,7-14,16-17H2,1-3H3,(H2,31,34)(H,32,39)/t20-/m0/s1. The molecule has 10 nitrogen and oxygen atoms in total. The first kappa shape index (κ1) is 30.7. The van der Waals surface area contributed by atoms with Gasteiger partial charge in [-0.1, -0.05) is 36.2 Å². The number of halogens is 2. The van der Waals surface area contributed by atoms with E-state index >= 15 is 0 Å². The Bertz CT molecular complexity index is 1190. The SMILES string of the molecule is CC[C@H]1CN(c2nc(N)c(C(=O)NCCO)nc2Cl)CCN1C1CCN(Cc2ccc(Cl)cc2C(C)(C)O)CC1. The third kappa shape index (κ3) is 7.16. The van der Waals surface area contributed by atoms with Crippen LogP contribution in [0.4, 0.5) is 11.6 Å². The summed E-state index contributed by atoms with van der Waals surface area (Å²) in [6.07, 6.45) is 3.14. The summed E-state index contributed by atoms with van der Waals surface area (Å²) in [5, 5.41) is 22.9. The van der Waals surface area contributed by atoms with Crippen LogP contribution in [0.3, 0.4) is 0 Å². The molecular formula is C28H41Cl2N7O3. The molecule has 0 saturated carbocycles. The molecule has 2 aromatic rings. The molecule has 3 heterocycles. The summed E-state index contributed by atoms with van der Waals surface area (Å²) < 4.78 is 0. The smallest absolute Gasteiger partial charge is 0.273 e. The number of hydrogen-bond acceptors (Lipinski definition) is 9. The van der Waals surface area contributed by atoms with Gasteiger partial charge in [-0.15, -0.1) is 0 Å². The third-order valence-electron chi connectivity index (χ3n) is 7.93. The minimum absolute atomic E-state index is 0.0196. The van der Waals surface area contributed by atoms with E-state index in [1.807, 2.05) is 18.2 Å². The number of nitrogen functional groups attached to an aromatic ring is 1. The van der Waals surface area contributed by atoms with Crippen molar-refractivity contribution < 1.29 is 15.0 Å². The number of rotatable bonds is 9. The number of piperazine rings is 1. The van der Waals surface area contributed by atoms with Crippen molar-refractivity contribution >= 4 is 40.7 Å². The normalized spacial score (nSPS) is 19.7. The highest BCUT2D eigenvalue weighted by Crippen LogP contribution is 2.31. The number of carbonyl (C=O) groups is 1. The van der Waals surface area contributed by atoms with Gasteiger partial charge in [-0.3, -0.25) is 14.6 Å². The van der Waals surface area contributed by atoms with Gasteiger partial charge in [-0.05, 0) is 69.5 Å². The first-order chi connectivity index (χ1) is 19.0. The van der Waals surface area contributed by atoms with E-state index in [2.05, 4.69) is 36.9 Å². The summed E-state index contributed by atoms with van der Waals surface area (Å²) in [6.45, 7) is 10.9. The molecule has 2 aliphatic heterocycles. The zero-order chi connectivity index (χ0) is 29.0. The Morgan fingerprint density at radius 1 is 1.18 bits per heavy atom. The van der Waals surface area contributed by atoms with Crippen molar-refractivity contribution in [1.82, 2.24) is 25.1 Å². The number of nitrogens with two attached hydrogens (primary N) is 1. The predicted molar refractivity (Wildman–Crippen MR) is 159 cm³/mol. The van der Waals surface area contributed by atoms with Crippen molar-refractivity contribution in [3.05, 3.63) is 45.2 Å². The van der Waals surface area contributed by atoms with E-state index in [1.54, 1.807) is 13.8 Å². The topological polar surface area (TPSA) is 131 Å². The Balaban J connectivity index is 1.37. The number of nitrogens with one attached hydrogen (secondary N) is 1. The summed E-state index contributed by atoms with van der Waals surface area (Å²) in [7, 11) is 0. The van der Waals surface area contributed by atoms with Crippen molar-refractivity contribution in [2.24, 2.45) is 0 Å². The molecule has 5 N–H and O–H groups in total. The molecular weight excluding hydrogens is 553 g/mol. The van der Waals surface area contributed by atoms with Crippen molar-refractivity contribution in [1.29, 1.82) is 0 Å². The number of benzene rings is 1. The van der Waals surface area contributed by atoms with Gasteiger partial charge in [0.2, 0.25) is 0 Å². The van der Waals surface area contributed by atoms with E-state index in [4.69, 9.17) is 34.0 Å². The largest absolute Gasteiger partial charge is 0.395 e. The summed E-state index contributed by atoms with van der Waals surface area (Å²) in [6, 6.07) is 6.62. The van der Waals surface area contributed by atoms with Crippen LogP contribution < -0.4 is 16.0 Å². The average molecular weight is 595 g/mol. The van der Waals surface area contributed by atoms with Crippen molar-refractivity contribution in [3.8, 4) is 0 Å². The van der Waals surface area contributed by atoms with Crippen LogP contribution in [0.1, 0.15) is 61.6 Å². The lowest BCUT2D eigenvalue weighted by atomic mass is 9.92. The minimum atomic E-state index is -0.947. The Morgan fingerprint density at radius 3 is 2.55 bits per heavy atom. The van der Waals surface area contributed by atoms with E-state index in [1.165, 1.54) is 0 Å². The third-order valence-corrected chi connectivity index (χ3v) is 8.41. The summed E-state index contributed by atoms with van der Waals surface area (Å²) in [4.78, 5) is 28.1. The molecule has 0 unspecified atom stereocenters. The number of aliphatic hydroxyl groups is 2. The average Bonchev–Trinajstić information content (AvgIpc) is 2.93. The lowest BCUT2D eigenvalue weighted by Gasteiger charge is -2.47. The van der Waals surface area contributed by atoms with Gasteiger partial charge < -0.3 is 26.2 Å². The summed E-state index contributed by atoms with van der Waals surface area (Å²) in [5.41, 5.74) is 7.09. The van der Waals surface area contributed by atoms with Crippen LogP contribution >= 0.6 is 23.2 Å². The number of carbonyl (C=O) groups excluding carboxylic acids is 1. The minimum Gasteiger partial charge on any atom is -0.395 e. The molecule has 0 aliphatic carbocycles. The molecule has 1 aromatic carbocycles. The number of hydrogen-bond donors (Lipinski definition) is 4. The lowest BCUT2D eigenvalue weighted by Crippen LogP contribution is -2.58. The highest BCUT2D eigenvalue weighted by Gasteiger charge is 2.35. The van der Waals surface area contributed by atoms with Gasteiger partial charge in [0.15, 0.2) is 22.5 Å². The Hall–Kier alpha value is -2.21. The first-order valence-electron chi connectivity index (χ1n) is 14.0. The second-order valence-corrected chi connectivity index (χ2v) is 12.0. The number of aliphatic hydroxyl groups excluding tert-OH is 1. The molecule has 0 spiro atoms. The zero-order valence-corrected chi connectivity index (χ0v) is 25.0. The van der Waals surface area contributed by atoms with Crippen molar-refractivity contribution in [3.63, 3.8) is 0 Å². The van der Waals surface area contributed by atoms with Crippen LogP contribution in [0.2, 0.25) is 10.2 Å². The second kappa shape index (κ2) is 13.2. The number of piperidine rings is 1. The molecule has 40 heavy (non-hydrogen) atoms. The fraction of sp³-hybridized carbons (Fsp3) is 0.607. The van der Waals surface area contributed by atoms with Gasteiger partial charge in [0.25, 0.3) is 5.91 Å². The molecule has 0 bridgehead atoms. The lowest BCUT2D eigenvalue weighted by molar-refractivity contribution is 0.0584. The van der Waals surface area contributed by atoms with Crippen LogP contribution in [0.15, 0.2) is 18.2 Å². The Labute approximate surface area is 246 Å². The van der Waals surface area contributed by atoms with E-state index in [9.17, 15) is 9.90 Å². The van der Waals surface area contributed by atoms with E-state index < -0.39 is 11.5 Å². The monoisotopic (exact) mass is 593 g/mol. The van der Waals surface area contributed by atoms with E-state index in [0.717, 1.165) is 69.7 Å². The maximum absolute atomic E-state index is 12.3. The van der Waals surface area contributed by atoms with Crippen LogP contribution in [-0.4, -0.2) is 93.8 Å². The molecule has 2 fully saturated rings. The number of aromatic nitrogens is 2. The predicted octanol–water partition coefficient (Wildman–Crippen LogP) is 2.88. The molecule has 12 heteroatoms. The molecule has 2 saturated heterocycles. The number of nitrogens with zero attached hydrogens (tertiary/aromatic N) is 5. The molecule has 1 aromatic heterocycles. The van der Waals surface area contributed by atoms with Crippen LogP contribution in [0, 0.1) is 0 Å². The molecule has 4 rings (SSSR count). The van der Waals surface area contributed by atoms with Gasteiger partial charge in [-0.2, -0.15) is 0 Å². The van der Waals surface area contributed by atoms with Crippen molar-refractivity contribution in [2.75, 3.05) is 56.5 Å². The maximum atomic E-state index is 12.3. The zero-order valence-electron chi connectivity index (χ0n) is 23.5. The van der Waals surface area contributed by atoms with Gasteiger partial charge in [0.05, 0.1) is 12.2 Å². The molecule has 1 atom stereocenters. The van der Waals surface area contributed by atoms with Gasteiger partial charge in [-0.25, -0.2) is 9.97 Å². The van der Waals surface area contributed by atoms with Crippen LogP contribution in [-0.2, 0) is 12.1 Å². The second-order valence-electron chi connectivity index (χ2n) is 11.2. The van der Waals surface area contributed by atoms with E-state index in [-0.39, 0.29) is 29.8 Å². The fourth-order valence-corrected chi connectivity index (χ4v) is 6.27. The van der Waals surface area contributed by atoms with Gasteiger partial charge >= 0.3 is 0 Å². The number of anilines is 2. The molecule has 0 radical (unpaired) electrons. The van der Waals surface area contributed by atoms with Crippen molar-refractivity contribution in [2.45, 2.75) is 64.3 Å². The Morgan fingerprint density at radius 2 is 1.90 bits per heavy atom. The maximum Gasteiger partial charge on any atom is 0.273 e. The number of likely N-dealkylation sites (tertiary alicyclic amines) is 1. The van der Waals surface area contributed by atoms with Crippen LogP contribution in [0.25, 0.3) is 0 Å². The summed E-state index contributed by atoms with van der Waals surface area (Å²) >= 11 is 12.7. The van der Waals surface area contributed by atoms with Gasteiger partial charge in [0.1, 0.15) is 0 Å². The molecule has 220 valence electrons. The quantitative estimate of drug-likeness (QED) is 0.346. The molecule has 1 amide bonds. The number of amides is 1.